The van der Waals surface area contributed by atoms with E-state index in [9.17, 15) is 0 Å². The highest BCUT2D eigenvalue weighted by atomic mass is 13.7. The molecule has 0 aliphatic carbocycles. The maximum atomic E-state index is 3.54. The fourth-order valence-electron chi connectivity index (χ4n) is 0.311. The average Bonchev–Trinajstić information content (AvgIpc) is 1.69. The van der Waals surface area contributed by atoms with Gasteiger partial charge in [0.15, 0.2) is 0 Å². The van der Waals surface area contributed by atoms with E-state index in [0.29, 0.717) is 0 Å². The van der Waals surface area contributed by atoms with Crippen molar-refractivity contribution < 1.29 is 0 Å². The lowest BCUT2D eigenvalue weighted by Gasteiger charge is -1.72. The summed E-state index contributed by atoms with van der Waals surface area (Å²) in [5, 5.41) is 0. The molecule has 0 rings (SSSR count). The summed E-state index contributed by atoms with van der Waals surface area (Å²) in [7, 11) is 0. The van der Waals surface area contributed by atoms with Crippen molar-refractivity contribution in [2.24, 2.45) is 0 Å². The third-order valence-electron chi connectivity index (χ3n) is 0.675. The van der Waals surface area contributed by atoms with E-state index < -0.39 is 0 Å². The predicted molar refractivity (Wildman–Crippen MR) is 33.9 cm³/mol. The molecule has 0 radical (unpaired) electrons. The van der Waals surface area contributed by atoms with E-state index in [0.717, 1.165) is 6.42 Å². The Bertz CT molecular complexity index is 60.4. The number of rotatable bonds is 3. The van der Waals surface area contributed by atoms with E-state index >= 15 is 0 Å². The van der Waals surface area contributed by atoms with Gasteiger partial charge in [0.2, 0.25) is 0 Å². The highest BCUT2D eigenvalue weighted by Crippen LogP contribution is 1.87. The van der Waals surface area contributed by atoms with Gasteiger partial charge in [0.25, 0.3) is 0 Å². The van der Waals surface area contributed by atoms with Crippen LogP contribution in [-0.4, -0.2) is 0 Å². The van der Waals surface area contributed by atoms with Crippen molar-refractivity contribution in [1.82, 2.24) is 0 Å². The van der Waals surface area contributed by atoms with Gasteiger partial charge in [-0.05, 0) is 6.92 Å². The van der Waals surface area contributed by atoms with Crippen LogP contribution in [0, 0.1) is 6.42 Å². The topological polar surface area (TPSA) is 0 Å². The van der Waals surface area contributed by atoms with E-state index in [4.69, 9.17) is 0 Å². The molecule has 0 nitrogen and oxygen atoms in total. The summed E-state index contributed by atoms with van der Waals surface area (Å²) in [6, 6.07) is 0. The maximum Gasteiger partial charge on any atom is 0.0867 e. The largest absolute Gasteiger partial charge is 0.0896 e. The molecule has 0 aromatic carbocycles. The molecule has 0 atom stereocenters. The van der Waals surface area contributed by atoms with Crippen molar-refractivity contribution in [3.8, 4) is 0 Å². The fourth-order valence-corrected chi connectivity index (χ4v) is 0.311. The molecule has 0 aromatic rings. The minimum Gasteiger partial charge on any atom is -0.0896 e. The van der Waals surface area contributed by atoms with Crippen molar-refractivity contribution in [3.05, 3.63) is 31.2 Å². The summed E-state index contributed by atoms with van der Waals surface area (Å²) >= 11 is 0. The molecule has 0 unspecified atom stereocenters. The Kier molecular flexibility index (Phi) is 4.85. The first-order valence-electron chi connectivity index (χ1n) is 2.47. The van der Waals surface area contributed by atoms with Crippen LogP contribution in [0.1, 0.15) is 13.3 Å². The summed E-state index contributed by atoms with van der Waals surface area (Å²) < 4.78 is 0. The zero-order chi connectivity index (χ0) is 5.54. The monoisotopic (exact) mass is 95.1 g/mol. The molecule has 0 spiro atoms. The lowest BCUT2D eigenvalue weighted by Crippen LogP contribution is -1.60. The first kappa shape index (κ1) is 6.35. The van der Waals surface area contributed by atoms with Gasteiger partial charge < -0.3 is 0 Å². The molecule has 0 aromatic heterocycles. The molecule has 7 heavy (non-hydrogen) atoms. The molecular formula is C7H11+. The van der Waals surface area contributed by atoms with Crippen LogP contribution >= 0.6 is 0 Å². The molecule has 0 bridgehead atoms. The normalized spacial score (nSPS) is 9.29. The highest BCUT2D eigenvalue weighted by Gasteiger charge is 1.76. The summed E-state index contributed by atoms with van der Waals surface area (Å²) in [6.45, 7) is 5.55. The van der Waals surface area contributed by atoms with Crippen LogP contribution in [0.2, 0.25) is 0 Å². The minimum absolute atomic E-state index is 1.01. The van der Waals surface area contributed by atoms with E-state index in [1.54, 1.807) is 6.08 Å². The van der Waals surface area contributed by atoms with E-state index in [1.165, 1.54) is 0 Å². The summed E-state index contributed by atoms with van der Waals surface area (Å²) in [5.41, 5.74) is 0. The van der Waals surface area contributed by atoms with Crippen LogP contribution in [0.3, 0.4) is 0 Å². The van der Waals surface area contributed by atoms with Gasteiger partial charge in [-0.3, -0.25) is 0 Å². The SMILES string of the molecule is C=C[CH+]CC=CC. The number of hydrogen-bond acceptors (Lipinski definition) is 0. The first-order chi connectivity index (χ1) is 3.41. The Hall–Kier alpha value is -0.650. The Balaban J connectivity index is 2.82. The van der Waals surface area contributed by atoms with Crippen LogP contribution in [-0.2, 0) is 0 Å². The highest BCUT2D eigenvalue weighted by molar-refractivity contribution is 4.93. The standard InChI is InChI=1S/C7H11/c1-3-5-7-6-4-2/h3-6H,1,7H2,2H3/q+1. The maximum absolute atomic E-state index is 3.54. The Morgan fingerprint density at radius 1 is 1.71 bits per heavy atom. The second-order valence-corrected chi connectivity index (χ2v) is 1.28. The van der Waals surface area contributed by atoms with E-state index in [2.05, 4.69) is 12.7 Å². The van der Waals surface area contributed by atoms with Crippen LogP contribution < -0.4 is 0 Å². The molecule has 0 amide bonds. The van der Waals surface area contributed by atoms with Crippen molar-refractivity contribution >= 4 is 0 Å². The number of unbranched alkanes of at least 4 members (excludes halogenated alkanes) is 1. The lowest BCUT2D eigenvalue weighted by molar-refractivity contribution is 1.28. The third-order valence-corrected chi connectivity index (χ3v) is 0.675. The van der Waals surface area contributed by atoms with Gasteiger partial charge in [0.05, 0.1) is 12.5 Å². The van der Waals surface area contributed by atoms with Crippen molar-refractivity contribution in [3.63, 3.8) is 0 Å². The van der Waals surface area contributed by atoms with Gasteiger partial charge in [0.1, 0.15) is 0 Å². The zero-order valence-electron chi connectivity index (χ0n) is 4.72. The smallest absolute Gasteiger partial charge is 0.0867 e. The minimum atomic E-state index is 1.01. The van der Waals surface area contributed by atoms with Crippen LogP contribution in [0.4, 0.5) is 0 Å². The Morgan fingerprint density at radius 2 is 2.43 bits per heavy atom. The van der Waals surface area contributed by atoms with Gasteiger partial charge in [-0.25, -0.2) is 0 Å². The predicted octanol–water partition coefficient (Wildman–Crippen LogP) is 2.34. The van der Waals surface area contributed by atoms with E-state index in [1.807, 2.05) is 19.4 Å². The van der Waals surface area contributed by atoms with Gasteiger partial charge in [-0.1, -0.05) is 12.2 Å². The van der Waals surface area contributed by atoms with Gasteiger partial charge >= 0.3 is 0 Å². The molecule has 0 saturated carbocycles. The number of allylic oxidation sites excluding steroid dienone is 3. The first-order valence-corrected chi connectivity index (χ1v) is 2.47. The summed E-state index contributed by atoms with van der Waals surface area (Å²) in [6.07, 6.45) is 8.95. The average molecular weight is 95.2 g/mol. The molecule has 0 heterocycles. The third kappa shape index (κ3) is 5.35. The van der Waals surface area contributed by atoms with E-state index in [-0.39, 0.29) is 0 Å². The Labute approximate surface area is 45.5 Å². The van der Waals surface area contributed by atoms with Gasteiger partial charge in [-0.2, -0.15) is 0 Å². The van der Waals surface area contributed by atoms with Crippen molar-refractivity contribution in [1.29, 1.82) is 0 Å². The quantitative estimate of drug-likeness (QED) is 0.287. The molecule has 0 saturated heterocycles. The lowest BCUT2D eigenvalue weighted by atomic mass is 10.3. The number of hydrogen-bond donors (Lipinski definition) is 0. The molecule has 0 N–H and O–H groups in total. The molecule has 0 aliphatic heterocycles. The summed E-state index contributed by atoms with van der Waals surface area (Å²) in [4.78, 5) is 0. The fraction of sp³-hybridized carbons (Fsp3) is 0.286. The van der Waals surface area contributed by atoms with Gasteiger partial charge in [-0.15, -0.1) is 0 Å². The summed E-state index contributed by atoms with van der Waals surface area (Å²) in [5.74, 6) is 0. The molecule has 0 aliphatic rings. The second-order valence-electron chi connectivity index (χ2n) is 1.28. The van der Waals surface area contributed by atoms with Crippen molar-refractivity contribution in [2.45, 2.75) is 13.3 Å². The molecule has 38 valence electrons. The van der Waals surface area contributed by atoms with Crippen LogP contribution in [0.15, 0.2) is 24.8 Å². The van der Waals surface area contributed by atoms with Crippen LogP contribution in [0.5, 0.6) is 0 Å². The van der Waals surface area contributed by atoms with Crippen molar-refractivity contribution in [2.75, 3.05) is 0 Å². The van der Waals surface area contributed by atoms with Gasteiger partial charge in [0, 0.05) is 13.0 Å². The Morgan fingerprint density at radius 3 is 2.86 bits per heavy atom. The molecule has 0 heteroatoms. The molecule has 0 fully saturated rings. The molecular weight excluding hydrogens is 84.1 g/mol. The zero-order valence-corrected chi connectivity index (χ0v) is 4.72. The van der Waals surface area contributed by atoms with Crippen LogP contribution in [0.25, 0.3) is 0 Å². The second kappa shape index (κ2) is 5.35.